The topological polar surface area (TPSA) is 42.4 Å². The van der Waals surface area contributed by atoms with Gasteiger partial charge in [0.2, 0.25) is 0 Å². The third kappa shape index (κ3) is 5.67. The highest BCUT2D eigenvalue weighted by Crippen LogP contribution is 2.40. The first-order valence-electron chi connectivity index (χ1n) is 11.8. The summed E-state index contributed by atoms with van der Waals surface area (Å²) in [5.74, 6) is 0. The third-order valence-electron chi connectivity index (χ3n) is 5.93. The number of rotatable bonds is 7. The quantitative estimate of drug-likeness (QED) is 0.302. The van der Waals surface area contributed by atoms with Crippen LogP contribution in [0.25, 0.3) is 22.0 Å². The zero-order valence-electron chi connectivity index (χ0n) is 20.3. The molecule has 0 aliphatic carbocycles. The van der Waals surface area contributed by atoms with E-state index in [1.807, 2.05) is 51.1 Å². The first-order chi connectivity index (χ1) is 16.2. The number of pyridine rings is 1. The van der Waals surface area contributed by atoms with Gasteiger partial charge in [-0.15, -0.1) is 0 Å². The second kappa shape index (κ2) is 10.3. The van der Waals surface area contributed by atoms with Crippen LogP contribution in [0.5, 0.6) is 0 Å². The summed E-state index contributed by atoms with van der Waals surface area (Å²) in [7, 11) is 0. The van der Waals surface area contributed by atoms with Crippen LogP contribution >= 0.6 is 11.6 Å². The molecule has 1 aromatic heterocycles. The van der Waals surface area contributed by atoms with Gasteiger partial charge < -0.3 is 9.84 Å². The molecule has 3 aromatic carbocycles. The maximum atomic E-state index is 10.3. The van der Waals surface area contributed by atoms with E-state index in [4.69, 9.17) is 21.3 Å². The van der Waals surface area contributed by atoms with E-state index in [9.17, 15) is 5.11 Å². The monoisotopic (exact) mass is 473 g/mol. The molecule has 3 nitrogen and oxygen atoms in total. The van der Waals surface area contributed by atoms with E-state index in [0.717, 1.165) is 51.7 Å². The SMILES string of the molecule is Cc1cc2nc(CCc3ccccc3)ccc2c(-c2ccc(Cl)cc2)c1[C@@H](CO)OC(C)(C)C. The molecule has 0 unspecified atom stereocenters. The maximum Gasteiger partial charge on any atom is 0.107 e. The highest BCUT2D eigenvalue weighted by atomic mass is 35.5. The lowest BCUT2D eigenvalue weighted by atomic mass is 9.88. The molecule has 0 spiro atoms. The molecule has 0 saturated heterocycles. The molecule has 0 saturated carbocycles. The fourth-order valence-corrected chi connectivity index (χ4v) is 4.60. The molecule has 1 atom stereocenters. The normalized spacial score (nSPS) is 12.8. The standard InChI is InChI=1S/C30H32ClNO2/c1-20-18-26-25(17-16-24(32-26)15-10-21-8-6-5-7-9-21)29(22-11-13-23(31)14-12-22)28(20)27(19-33)34-30(2,3)4/h5-9,11-14,16-18,27,33H,10,15,19H2,1-4H3/t27-/m1/s1. The van der Waals surface area contributed by atoms with Crippen molar-refractivity contribution in [1.29, 1.82) is 0 Å². The number of aromatic nitrogens is 1. The van der Waals surface area contributed by atoms with E-state index < -0.39 is 11.7 Å². The smallest absolute Gasteiger partial charge is 0.107 e. The molecular weight excluding hydrogens is 442 g/mol. The molecule has 0 aliphatic heterocycles. The van der Waals surface area contributed by atoms with Crippen LogP contribution in [-0.4, -0.2) is 22.3 Å². The van der Waals surface area contributed by atoms with Gasteiger partial charge in [-0.3, -0.25) is 4.98 Å². The lowest BCUT2D eigenvalue weighted by Crippen LogP contribution is -2.25. The fraction of sp³-hybridized carbons (Fsp3) is 0.300. The van der Waals surface area contributed by atoms with Gasteiger partial charge >= 0.3 is 0 Å². The van der Waals surface area contributed by atoms with Crippen LogP contribution in [0.2, 0.25) is 5.02 Å². The van der Waals surface area contributed by atoms with Gasteiger partial charge in [0, 0.05) is 16.1 Å². The van der Waals surface area contributed by atoms with Crippen LogP contribution in [0, 0.1) is 6.92 Å². The fourth-order valence-electron chi connectivity index (χ4n) is 4.48. The predicted molar refractivity (Wildman–Crippen MR) is 141 cm³/mol. The average Bonchev–Trinajstić information content (AvgIpc) is 2.81. The first-order valence-corrected chi connectivity index (χ1v) is 12.1. The van der Waals surface area contributed by atoms with Gasteiger partial charge in [-0.1, -0.05) is 60.1 Å². The Morgan fingerprint density at radius 2 is 1.65 bits per heavy atom. The molecule has 4 rings (SSSR count). The summed E-state index contributed by atoms with van der Waals surface area (Å²) in [6.07, 6.45) is 1.38. The molecule has 34 heavy (non-hydrogen) atoms. The number of hydrogen-bond donors (Lipinski definition) is 1. The van der Waals surface area contributed by atoms with Crippen molar-refractivity contribution in [3.63, 3.8) is 0 Å². The van der Waals surface area contributed by atoms with E-state index in [2.05, 4.69) is 49.4 Å². The Morgan fingerprint density at radius 1 is 0.941 bits per heavy atom. The van der Waals surface area contributed by atoms with Crippen LogP contribution in [0.4, 0.5) is 0 Å². The van der Waals surface area contributed by atoms with Crippen LogP contribution in [-0.2, 0) is 17.6 Å². The molecule has 4 aromatic rings. The summed E-state index contributed by atoms with van der Waals surface area (Å²) < 4.78 is 6.30. The van der Waals surface area contributed by atoms with E-state index in [-0.39, 0.29) is 6.61 Å². The molecule has 176 valence electrons. The molecule has 4 heteroatoms. The Hall–Kier alpha value is -2.72. The molecular formula is C30H32ClNO2. The van der Waals surface area contributed by atoms with E-state index >= 15 is 0 Å². The van der Waals surface area contributed by atoms with Crippen molar-refractivity contribution >= 4 is 22.5 Å². The summed E-state index contributed by atoms with van der Waals surface area (Å²) in [5, 5.41) is 12.0. The van der Waals surface area contributed by atoms with Crippen molar-refractivity contribution in [1.82, 2.24) is 4.98 Å². The Labute approximate surface area is 207 Å². The largest absolute Gasteiger partial charge is 0.393 e. The maximum absolute atomic E-state index is 10.3. The van der Waals surface area contributed by atoms with Gasteiger partial charge in [-0.25, -0.2) is 0 Å². The summed E-state index contributed by atoms with van der Waals surface area (Å²) in [6, 6.07) is 24.7. The van der Waals surface area contributed by atoms with Gasteiger partial charge in [0.25, 0.3) is 0 Å². The van der Waals surface area contributed by atoms with Gasteiger partial charge in [0.15, 0.2) is 0 Å². The summed E-state index contributed by atoms with van der Waals surface area (Å²) >= 11 is 6.19. The third-order valence-corrected chi connectivity index (χ3v) is 6.18. The molecule has 0 fully saturated rings. The minimum atomic E-state index is -0.451. The van der Waals surface area contributed by atoms with Crippen LogP contribution < -0.4 is 0 Å². The minimum Gasteiger partial charge on any atom is -0.393 e. The van der Waals surface area contributed by atoms with Gasteiger partial charge in [-0.2, -0.15) is 0 Å². The van der Waals surface area contributed by atoms with Crippen molar-refractivity contribution in [2.45, 2.75) is 52.2 Å². The first kappa shape index (κ1) is 24.4. The zero-order chi connectivity index (χ0) is 24.3. The molecule has 0 aliphatic rings. The van der Waals surface area contributed by atoms with Crippen LogP contribution in [0.3, 0.4) is 0 Å². The number of aryl methyl sites for hydroxylation is 3. The summed E-state index contributed by atoms with van der Waals surface area (Å²) in [6.45, 7) is 7.99. The minimum absolute atomic E-state index is 0.104. The van der Waals surface area contributed by atoms with Crippen molar-refractivity contribution in [3.8, 4) is 11.1 Å². The van der Waals surface area contributed by atoms with E-state index in [1.165, 1.54) is 5.56 Å². The van der Waals surface area contributed by atoms with Crippen molar-refractivity contribution < 1.29 is 9.84 Å². The molecule has 0 amide bonds. The van der Waals surface area contributed by atoms with E-state index in [0.29, 0.717) is 5.02 Å². The van der Waals surface area contributed by atoms with Crippen molar-refractivity contribution in [2.75, 3.05) is 6.61 Å². The second-order valence-corrected chi connectivity index (χ2v) is 10.2. The Balaban J connectivity index is 1.83. The molecule has 1 N–H and O–H groups in total. The Kier molecular flexibility index (Phi) is 7.37. The van der Waals surface area contributed by atoms with Crippen LogP contribution in [0.1, 0.15) is 49.3 Å². The summed E-state index contributed by atoms with van der Waals surface area (Å²) in [4.78, 5) is 5.03. The van der Waals surface area contributed by atoms with Crippen LogP contribution in [0.15, 0.2) is 72.8 Å². The number of nitrogens with zero attached hydrogens (tertiary/aromatic N) is 1. The number of benzene rings is 3. The molecule has 0 radical (unpaired) electrons. The Bertz CT molecular complexity index is 1260. The van der Waals surface area contributed by atoms with Gasteiger partial charge in [-0.05, 0) is 92.6 Å². The molecule has 1 heterocycles. The van der Waals surface area contributed by atoms with Crippen molar-refractivity contribution in [3.05, 3.63) is 100 Å². The summed E-state index contributed by atoms with van der Waals surface area (Å²) in [5.41, 5.74) is 7.04. The number of fused-ring (bicyclic) bond motifs is 1. The van der Waals surface area contributed by atoms with E-state index in [1.54, 1.807) is 0 Å². The molecule has 0 bridgehead atoms. The lowest BCUT2D eigenvalue weighted by molar-refractivity contribution is -0.0821. The highest BCUT2D eigenvalue weighted by molar-refractivity contribution is 6.30. The Morgan fingerprint density at radius 3 is 2.29 bits per heavy atom. The van der Waals surface area contributed by atoms with Gasteiger partial charge in [0.05, 0.1) is 17.7 Å². The number of aliphatic hydroxyl groups excluding tert-OH is 1. The number of halogens is 1. The zero-order valence-corrected chi connectivity index (χ0v) is 21.1. The highest BCUT2D eigenvalue weighted by Gasteiger charge is 2.26. The average molecular weight is 474 g/mol. The number of ether oxygens (including phenoxy) is 1. The lowest BCUT2D eigenvalue weighted by Gasteiger charge is -2.30. The predicted octanol–water partition coefficient (Wildman–Crippen LogP) is 7.50. The second-order valence-electron chi connectivity index (χ2n) is 9.75. The van der Waals surface area contributed by atoms with Crippen molar-refractivity contribution in [2.24, 2.45) is 0 Å². The number of aliphatic hydroxyl groups is 1. The number of hydrogen-bond acceptors (Lipinski definition) is 3. The van der Waals surface area contributed by atoms with Gasteiger partial charge in [0.1, 0.15) is 6.10 Å².